The summed E-state index contributed by atoms with van der Waals surface area (Å²) in [7, 11) is 0. The minimum Gasteiger partial charge on any atom is -0.618 e. The van der Waals surface area contributed by atoms with Crippen molar-refractivity contribution >= 4 is 16.8 Å². The van der Waals surface area contributed by atoms with Crippen LogP contribution in [-0.2, 0) is 17.4 Å². The highest BCUT2D eigenvalue weighted by atomic mass is 32.2. The van der Waals surface area contributed by atoms with Gasteiger partial charge in [-0.3, -0.25) is 4.40 Å². The van der Waals surface area contributed by atoms with Gasteiger partial charge in [0, 0.05) is 29.0 Å². The fourth-order valence-electron chi connectivity index (χ4n) is 3.27. The molecule has 31 heavy (non-hydrogen) atoms. The van der Waals surface area contributed by atoms with Crippen molar-refractivity contribution in [2.75, 3.05) is 0 Å². The van der Waals surface area contributed by atoms with E-state index in [0.29, 0.717) is 16.8 Å². The lowest BCUT2D eigenvalue weighted by Gasteiger charge is -2.14. The number of hydrogen-bond donors (Lipinski definition) is 0. The molecule has 0 saturated heterocycles. The van der Waals surface area contributed by atoms with Gasteiger partial charge in [-0.2, -0.15) is 17.9 Å². The molecule has 0 aliphatic rings. The third-order valence-electron chi connectivity index (χ3n) is 4.85. The highest BCUT2D eigenvalue weighted by molar-refractivity contribution is 7.92. The maximum atomic E-state index is 12.9. The molecule has 1 unspecified atom stereocenters. The van der Waals surface area contributed by atoms with E-state index in [4.69, 9.17) is 0 Å². The molecule has 0 saturated carbocycles. The van der Waals surface area contributed by atoms with Crippen LogP contribution < -0.4 is 4.73 Å². The first-order valence-corrected chi connectivity index (χ1v) is 10.7. The molecular formula is C22H18F3N3O2S. The SMILES string of the molecule is CC(C)[S+]([O-])c1ccc(-c2cnc3ccc(-c4ccc(C(F)(F)F)[n+]([O-])c4)cn23)cc1. The van der Waals surface area contributed by atoms with Gasteiger partial charge < -0.3 is 9.76 Å². The maximum absolute atomic E-state index is 12.9. The monoisotopic (exact) mass is 445 g/mol. The van der Waals surface area contributed by atoms with Gasteiger partial charge in [-0.05, 0) is 67.5 Å². The van der Waals surface area contributed by atoms with E-state index in [0.717, 1.165) is 28.4 Å². The Morgan fingerprint density at radius 2 is 1.61 bits per heavy atom. The average molecular weight is 445 g/mol. The molecule has 3 aromatic heterocycles. The number of alkyl halides is 3. The summed E-state index contributed by atoms with van der Waals surface area (Å²) in [6, 6.07) is 12.8. The molecule has 0 N–H and O–H groups in total. The summed E-state index contributed by atoms with van der Waals surface area (Å²) in [5.74, 6) is 0. The highest BCUT2D eigenvalue weighted by Gasteiger charge is 2.39. The molecular weight excluding hydrogens is 427 g/mol. The Labute approximate surface area is 179 Å². The molecule has 5 nitrogen and oxygen atoms in total. The molecule has 0 radical (unpaired) electrons. The summed E-state index contributed by atoms with van der Waals surface area (Å²) in [6.07, 6.45) is -0.391. The predicted molar refractivity (Wildman–Crippen MR) is 112 cm³/mol. The Balaban J connectivity index is 1.73. The van der Waals surface area contributed by atoms with Crippen LogP contribution in [0.5, 0.6) is 0 Å². The molecule has 4 aromatic rings. The van der Waals surface area contributed by atoms with Crippen molar-refractivity contribution in [2.45, 2.75) is 30.2 Å². The van der Waals surface area contributed by atoms with Gasteiger partial charge in [0.25, 0.3) is 5.69 Å². The molecule has 0 fully saturated rings. The van der Waals surface area contributed by atoms with Gasteiger partial charge >= 0.3 is 6.18 Å². The largest absolute Gasteiger partial charge is 0.618 e. The molecule has 4 rings (SSSR count). The van der Waals surface area contributed by atoms with Crippen molar-refractivity contribution in [1.29, 1.82) is 0 Å². The Kier molecular flexibility index (Phi) is 5.40. The minimum absolute atomic E-state index is 0.0108. The zero-order valence-corrected chi connectivity index (χ0v) is 17.4. The molecule has 1 atom stereocenters. The number of halogens is 3. The van der Waals surface area contributed by atoms with Gasteiger partial charge in [-0.15, -0.1) is 0 Å². The third kappa shape index (κ3) is 4.11. The number of imidazole rings is 1. The van der Waals surface area contributed by atoms with Crippen molar-refractivity contribution in [1.82, 2.24) is 9.38 Å². The number of rotatable bonds is 4. The summed E-state index contributed by atoms with van der Waals surface area (Å²) in [6.45, 7) is 3.78. The van der Waals surface area contributed by atoms with Crippen molar-refractivity contribution in [3.05, 3.63) is 78.0 Å². The predicted octanol–water partition coefficient (Wildman–Crippen LogP) is 4.84. The molecule has 0 spiro atoms. The van der Waals surface area contributed by atoms with Gasteiger partial charge in [0.05, 0.1) is 11.9 Å². The van der Waals surface area contributed by atoms with E-state index in [1.54, 1.807) is 28.9 Å². The van der Waals surface area contributed by atoms with Gasteiger partial charge in [0.1, 0.15) is 10.9 Å². The van der Waals surface area contributed by atoms with Crippen LogP contribution >= 0.6 is 0 Å². The van der Waals surface area contributed by atoms with Gasteiger partial charge in [0.15, 0.2) is 11.1 Å². The van der Waals surface area contributed by atoms with E-state index in [9.17, 15) is 22.9 Å². The zero-order chi connectivity index (χ0) is 22.3. The van der Waals surface area contributed by atoms with Crippen LogP contribution in [0, 0.1) is 5.21 Å². The number of aromatic nitrogens is 3. The summed E-state index contributed by atoms with van der Waals surface area (Å²) in [4.78, 5) is 5.10. The highest BCUT2D eigenvalue weighted by Crippen LogP contribution is 2.29. The Hall–Kier alpha value is -3.04. The smallest absolute Gasteiger partial charge is 0.478 e. The first-order valence-electron chi connectivity index (χ1n) is 9.44. The molecule has 1 aromatic carbocycles. The van der Waals surface area contributed by atoms with Crippen LogP contribution in [-0.4, -0.2) is 19.2 Å². The lowest BCUT2D eigenvalue weighted by molar-refractivity contribution is -0.628. The second kappa shape index (κ2) is 7.90. The van der Waals surface area contributed by atoms with Gasteiger partial charge in [-0.1, -0.05) is 0 Å². The zero-order valence-electron chi connectivity index (χ0n) is 16.6. The molecule has 0 aliphatic heterocycles. The standard InChI is InChI=1S/C22H18F3N3O2S/c1-14(2)31(30)18-7-3-15(4-8-18)19-11-26-21-10-6-16(12-27(19)21)17-5-9-20(22(23,24)25)28(29)13-17/h3-14H,1-2H3. The van der Waals surface area contributed by atoms with Crippen LogP contribution in [0.25, 0.3) is 28.0 Å². The Morgan fingerprint density at radius 3 is 2.23 bits per heavy atom. The molecule has 0 aliphatic carbocycles. The molecule has 9 heteroatoms. The summed E-state index contributed by atoms with van der Waals surface area (Å²) in [5.41, 5.74) is 1.92. The molecule has 0 bridgehead atoms. The first kappa shape index (κ1) is 21.2. The maximum Gasteiger partial charge on any atom is 0.478 e. The number of pyridine rings is 2. The number of hydrogen-bond acceptors (Lipinski definition) is 3. The van der Waals surface area contributed by atoms with E-state index in [1.165, 1.54) is 6.07 Å². The van der Waals surface area contributed by atoms with Crippen LogP contribution in [0.15, 0.2) is 72.0 Å². The lowest BCUT2D eigenvalue weighted by Crippen LogP contribution is -2.36. The van der Waals surface area contributed by atoms with Crippen LogP contribution in [0.1, 0.15) is 19.5 Å². The van der Waals surface area contributed by atoms with Gasteiger partial charge in [0.2, 0.25) is 0 Å². The van der Waals surface area contributed by atoms with E-state index in [2.05, 4.69) is 4.98 Å². The third-order valence-corrected chi connectivity index (χ3v) is 6.45. The Morgan fingerprint density at radius 1 is 0.968 bits per heavy atom. The quantitative estimate of drug-likeness (QED) is 0.257. The molecule has 0 amide bonds. The summed E-state index contributed by atoms with van der Waals surface area (Å²) < 4.78 is 52.5. The molecule has 3 heterocycles. The topological polar surface area (TPSA) is 67.3 Å². The van der Waals surface area contributed by atoms with Crippen molar-refractivity contribution in [2.24, 2.45) is 0 Å². The van der Waals surface area contributed by atoms with E-state index in [-0.39, 0.29) is 9.98 Å². The van der Waals surface area contributed by atoms with Gasteiger partial charge in [-0.25, -0.2) is 4.98 Å². The minimum atomic E-state index is -4.72. The fourth-order valence-corrected chi connectivity index (χ4v) is 4.22. The fraction of sp³-hybridized carbons (Fsp3) is 0.182. The molecule has 160 valence electrons. The van der Waals surface area contributed by atoms with E-state index >= 15 is 0 Å². The number of fused-ring (bicyclic) bond motifs is 1. The van der Waals surface area contributed by atoms with Crippen LogP contribution in [0.2, 0.25) is 0 Å². The average Bonchev–Trinajstić information content (AvgIpc) is 3.15. The van der Waals surface area contributed by atoms with Crippen molar-refractivity contribution in [3.8, 4) is 22.4 Å². The van der Waals surface area contributed by atoms with E-state index in [1.807, 2.05) is 38.1 Å². The normalized spacial score (nSPS) is 13.1. The van der Waals surface area contributed by atoms with Crippen LogP contribution in [0.3, 0.4) is 0 Å². The lowest BCUT2D eigenvalue weighted by atomic mass is 10.1. The number of nitrogens with zero attached hydrogens (tertiary/aromatic N) is 3. The van der Waals surface area contributed by atoms with Crippen molar-refractivity contribution in [3.63, 3.8) is 0 Å². The second-order valence-corrected chi connectivity index (χ2v) is 9.30. The number of benzene rings is 1. The van der Waals surface area contributed by atoms with Crippen molar-refractivity contribution < 1.29 is 22.5 Å². The second-order valence-electron chi connectivity index (χ2n) is 7.29. The van der Waals surface area contributed by atoms with Crippen LogP contribution in [0.4, 0.5) is 13.2 Å². The summed E-state index contributed by atoms with van der Waals surface area (Å²) >= 11 is -1.09. The summed E-state index contributed by atoms with van der Waals surface area (Å²) in [5, 5.41) is 11.9. The Bertz CT molecular complexity index is 1240. The van der Waals surface area contributed by atoms with E-state index < -0.39 is 23.0 Å². The first-order chi connectivity index (χ1) is 14.6.